The van der Waals surface area contributed by atoms with Crippen molar-refractivity contribution in [1.29, 1.82) is 0 Å². The fourth-order valence-electron chi connectivity index (χ4n) is 3.44. The number of likely N-dealkylation sites (tertiary alicyclic amines) is 1. The average Bonchev–Trinajstić information content (AvgIpc) is 3.25. The third kappa shape index (κ3) is 7.80. The molecule has 1 aliphatic heterocycles. The highest BCUT2D eigenvalue weighted by Gasteiger charge is 2.28. The summed E-state index contributed by atoms with van der Waals surface area (Å²) in [7, 11) is 4.59. The number of rotatable bonds is 12. The molecule has 0 bridgehead atoms. The van der Waals surface area contributed by atoms with E-state index in [1.165, 1.54) is 26.4 Å². The van der Waals surface area contributed by atoms with Gasteiger partial charge in [-0.2, -0.15) is 0 Å². The first-order chi connectivity index (χ1) is 16.3. The monoisotopic (exact) mass is 479 g/mol. The minimum Gasteiger partial charge on any atom is -0.493 e. The van der Waals surface area contributed by atoms with Gasteiger partial charge in [0.25, 0.3) is 0 Å². The summed E-state index contributed by atoms with van der Waals surface area (Å²) >= 11 is 0. The Morgan fingerprint density at radius 3 is 2.38 bits per heavy atom. The van der Waals surface area contributed by atoms with E-state index in [0.717, 1.165) is 19.4 Å². The Labute approximate surface area is 198 Å². The van der Waals surface area contributed by atoms with Crippen molar-refractivity contribution < 1.29 is 33.3 Å². The molecule has 0 aliphatic carbocycles. The summed E-state index contributed by atoms with van der Waals surface area (Å²) in [5.74, 6) is -1.31. The van der Waals surface area contributed by atoms with Crippen LogP contribution in [-0.4, -0.2) is 82.3 Å². The van der Waals surface area contributed by atoms with Crippen LogP contribution in [-0.2, 0) is 14.3 Å². The number of benzene rings is 1. The average molecular weight is 480 g/mol. The number of esters is 2. The van der Waals surface area contributed by atoms with Crippen LogP contribution in [0.25, 0.3) is 0 Å². The maximum absolute atomic E-state index is 12.4. The van der Waals surface area contributed by atoms with E-state index in [1.807, 2.05) is 11.9 Å². The van der Waals surface area contributed by atoms with Gasteiger partial charge in [-0.1, -0.05) is 0 Å². The molecule has 12 nitrogen and oxygen atoms in total. The molecule has 2 rings (SSSR count). The third-order valence-corrected chi connectivity index (χ3v) is 5.22. The normalized spacial score (nSPS) is 15.3. The van der Waals surface area contributed by atoms with Gasteiger partial charge in [0.2, 0.25) is 11.7 Å². The molecule has 1 heterocycles. The lowest BCUT2D eigenvalue weighted by atomic mass is 10.2. The summed E-state index contributed by atoms with van der Waals surface area (Å²) in [5.41, 5.74) is 10.7. The molecule has 1 amide bonds. The Bertz CT molecular complexity index is 877. The van der Waals surface area contributed by atoms with Gasteiger partial charge in [-0.15, -0.1) is 0 Å². The van der Waals surface area contributed by atoms with Gasteiger partial charge in [-0.3, -0.25) is 14.7 Å². The van der Waals surface area contributed by atoms with Crippen molar-refractivity contribution in [1.82, 2.24) is 10.2 Å². The number of aliphatic imine (C=N–C) groups is 1. The summed E-state index contributed by atoms with van der Waals surface area (Å²) in [4.78, 5) is 42.9. The summed E-state index contributed by atoms with van der Waals surface area (Å²) in [6.07, 6.45) is 2.90. The quantitative estimate of drug-likeness (QED) is 0.122. The molecule has 1 aromatic rings. The van der Waals surface area contributed by atoms with Gasteiger partial charge in [0, 0.05) is 6.54 Å². The Morgan fingerprint density at radius 2 is 1.82 bits per heavy atom. The van der Waals surface area contributed by atoms with E-state index in [9.17, 15) is 14.4 Å². The van der Waals surface area contributed by atoms with Gasteiger partial charge in [-0.05, 0) is 51.4 Å². The number of hydrogen-bond acceptors (Lipinski definition) is 9. The highest BCUT2D eigenvalue weighted by molar-refractivity contribution is 5.92. The molecule has 5 N–H and O–H groups in total. The van der Waals surface area contributed by atoms with Crippen LogP contribution in [0, 0.1) is 0 Å². The number of methoxy groups -OCH3 is 2. The largest absolute Gasteiger partial charge is 0.493 e. The number of amides is 1. The van der Waals surface area contributed by atoms with E-state index < -0.39 is 11.9 Å². The molecule has 1 aliphatic rings. The Morgan fingerprint density at radius 1 is 1.15 bits per heavy atom. The molecule has 1 aromatic carbocycles. The number of hydrogen-bond donors (Lipinski definition) is 3. The van der Waals surface area contributed by atoms with Gasteiger partial charge in [0.05, 0.1) is 32.4 Å². The molecule has 1 saturated heterocycles. The zero-order valence-corrected chi connectivity index (χ0v) is 19.8. The second-order valence-corrected chi connectivity index (χ2v) is 7.69. The van der Waals surface area contributed by atoms with Crippen LogP contribution < -0.4 is 31.0 Å². The minimum absolute atomic E-state index is 0.00369. The molecule has 188 valence electrons. The van der Waals surface area contributed by atoms with Crippen molar-refractivity contribution in [2.75, 3.05) is 47.5 Å². The lowest BCUT2D eigenvalue weighted by Gasteiger charge is -2.18. The molecule has 34 heavy (non-hydrogen) atoms. The molecule has 1 fully saturated rings. The van der Waals surface area contributed by atoms with Crippen LogP contribution in [0.3, 0.4) is 0 Å². The van der Waals surface area contributed by atoms with Crippen molar-refractivity contribution in [2.24, 2.45) is 16.5 Å². The molecule has 0 spiro atoms. The number of nitrogens with one attached hydrogen (secondary N) is 1. The fraction of sp³-hybridized carbons (Fsp3) is 0.545. The van der Waals surface area contributed by atoms with Crippen molar-refractivity contribution >= 4 is 23.8 Å². The van der Waals surface area contributed by atoms with Crippen LogP contribution >= 0.6 is 0 Å². The zero-order chi connectivity index (χ0) is 25.1. The second-order valence-electron chi connectivity index (χ2n) is 7.69. The third-order valence-electron chi connectivity index (χ3n) is 5.22. The van der Waals surface area contributed by atoms with Crippen LogP contribution in [0.2, 0.25) is 0 Å². The van der Waals surface area contributed by atoms with Gasteiger partial charge in [0.1, 0.15) is 6.54 Å². The van der Waals surface area contributed by atoms with E-state index in [1.54, 1.807) is 0 Å². The smallest absolute Gasteiger partial charge is 0.338 e. The number of likely N-dealkylation sites (N-methyl/N-ethyl adjacent to an activating group) is 1. The second kappa shape index (κ2) is 13.2. The number of nitrogens with zero attached hydrogens (tertiary/aromatic N) is 2. The first-order valence-electron chi connectivity index (χ1n) is 10.9. The van der Waals surface area contributed by atoms with Crippen LogP contribution in [0.15, 0.2) is 17.1 Å². The first-order valence-corrected chi connectivity index (χ1v) is 10.9. The topological polar surface area (TPSA) is 168 Å². The van der Waals surface area contributed by atoms with Crippen molar-refractivity contribution in [2.45, 2.75) is 31.7 Å². The fourth-order valence-corrected chi connectivity index (χ4v) is 3.44. The highest BCUT2D eigenvalue weighted by atomic mass is 16.6. The zero-order valence-electron chi connectivity index (χ0n) is 19.8. The van der Waals surface area contributed by atoms with E-state index >= 15 is 0 Å². The number of unbranched alkanes of at least 4 members (excludes halogenated alkanes) is 1. The van der Waals surface area contributed by atoms with Crippen LogP contribution in [0.1, 0.15) is 36.0 Å². The molecule has 1 atom stereocenters. The van der Waals surface area contributed by atoms with Gasteiger partial charge in [0.15, 0.2) is 17.5 Å². The van der Waals surface area contributed by atoms with Gasteiger partial charge < -0.3 is 35.7 Å². The predicted octanol–water partition coefficient (Wildman–Crippen LogP) is 0.0300. The van der Waals surface area contributed by atoms with Crippen molar-refractivity contribution in [3.05, 3.63) is 17.7 Å². The number of ether oxygens (including phenoxy) is 4. The Kier molecular flexibility index (Phi) is 10.4. The molecule has 12 heteroatoms. The number of carbonyl (C=O) groups is 3. The summed E-state index contributed by atoms with van der Waals surface area (Å²) in [6.45, 7) is 1.14. The van der Waals surface area contributed by atoms with Gasteiger partial charge in [-0.25, -0.2) is 9.59 Å². The van der Waals surface area contributed by atoms with E-state index in [-0.39, 0.29) is 53.9 Å². The predicted molar refractivity (Wildman–Crippen MR) is 124 cm³/mol. The highest BCUT2D eigenvalue weighted by Crippen LogP contribution is 2.39. The molecular formula is C22H33N5O7. The van der Waals surface area contributed by atoms with Crippen molar-refractivity contribution in [3.63, 3.8) is 0 Å². The number of carbonyl (C=O) groups excluding carboxylic acids is 3. The lowest BCUT2D eigenvalue weighted by molar-refractivity contribution is -0.136. The number of nitrogens with two attached hydrogens (primary N) is 2. The van der Waals surface area contributed by atoms with Crippen molar-refractivity contribution in [3.8, 4) is 17.2 Å². The Balaban J connectivity index is 1.96. The molecule has 0 unspecified atom stereocenters. The Hall–Kier alpha value is -3.54. The van der Waals surface area contributed by atoms with E-state index in [0.29, 0.717) is 19.4 Å². The van der Waals surface area contributed by atoms with Crippen LogP contribution in [0.4, 0.5) is 0 Å². The minimum atomic E-state index is -0.707. The lowest BCUT2D eigenvalue weighted by Crippen LogP contribution is -2.43. The molecule has 0 saturated carbocycles. The summed E-state index contributed by atoms with van der Waals surface area (Å²) < 4.78 is 21.2. The summed E-state index contributed by atoms with van der Waals surface area (Å²) in [6, 6.07) is 2.52. The molecule has 0 radical (unpaired) electrons. The first kappa shape index (κ1) is 26.7. The molecule has 0 aromatic heterocycles. The standard InChI is InChI=1S/C22H33N5O7/c1-27-9-6-7-15(27)20(29)26-13-18(28)34-19-16(31-2)11-14(12-17(19)32-3)21(30)33-10-5-4-8-25-22(23)24/h11-12,15H,4-10,13H2,1-3H3,(H,26,29)(H4,23,24,25)/t15-/m0/s1. The maximum atomic E-state index is 12.4. The van der Waals surface area contributed by atoms with Gasteiger partial charge >= 0.3 is 11.9 Å². The number of guanidine groups is 1. The molecular weight excluding hydrogens is 446 g/mol. The van der Waals surface area contributed by atoms with E-state index in [2.05, 4.69) is 10.3 Å². The maximum Gasteiger partial charge on any atom is 0.338 e. The van der Waals surface area contributed by atoms with E-state index in [4.69, 9.17) is 30.4 Å². The SMILES string of the molecule is COc1cc(C(=O)OCCCCN=C(N)N)cc(OC)c1OC(=O)CNC(=O)[C@@H]1CCCN1C. The summed E-state index contributed by atoms with van der Waals surface area (Å²) in [5, 5.41) is 2.59. The van der Waals surface area contributed by atoms with Crippen LogP contribution in [0.5, 0.6) is 17.2 Å².